The van der Waals surface area contributed by atoms with E-state index in [-0.39, 0.29) is 44.7 Å². The predicted molar refractivity (Wildman–Crippen MR) is 126 cm³/mol. The molecule has 1 fully saturated rings. The first-order valence-corrected chi connectivity index (χ1v) is 11.7. The molecule has 37 heavy (non-hydrogen) atoms. The summed E-state index contributed by atoms with van der Waals surface area (Å²) in [6.45, 7) is -0.551. The van der Waals surface area contributed by atoms with Gasteiger partial charge in [0.05, 0.1) is 35.4 Å². The molecule has 0 unspecified atom stereocenters. The number of carboxylic acid groups (broad SMARTS) is 1. The second-order valence-electron chi connectivity index (χ2n) is 8.13. The molecule has 0 bridgehead atoms. The Bertz CT molecular complexity index is 1670. The lowest BCUT2D eigenvalue weighted by molar-refractivity contribution is 0.0704. The van der Waals surface area contributed by atoms with Crippen molar-refractivity contribution < 1.29 is 37.3 Å². The van der Waals surface area contributed by atoms with E-state index >= 15 is 4.39 Å². The molecule has 1 aliphatic carbocycles. The van der Waals surface area contributed by atoms with Gasteiger partial charge in [0.15, 0.2) is 29.0 Å². The summed E-state index contributed by atoms with van der Waals surface area (Å²) < 4.78 is 60.4. The SMILES string of the molecule is COc1cc(F)c(-n2c(=O)[nH]c3csc(C(=O)O)c3c2=O)cc1OCc1c(OC2CC2)ccc(F)c1F. The highest BCUT2D eigenvalue weighted by Gasteiger charge is 2.27. The van der Waals surface area contributed by atoms with Gasteiger partial charge in [-0.25, -0.2) is 27.3 Å². The third kappa shape index (κ3) is 4.42. The summed E-state index contributed by atoms with van der Waals surface area (Å²) in [5, 5.41) is 10.4. The van der Waals surface area contributed by atoms with Crippen LogP contribution in [0.2, 0.25) is 0 Å². The minimum absolute atomic E-state index is 0.0104. The van der Waals surface area contributed by atoms with E-state index in [1.165, 1.54) is 18.6 Å². The van der Waals surface area contributed by atoms with Gasteiger partial charge in [-0.3, -0.25) is 4.79 Å². The zero-order chi connectivity index (χ0) is 26.4. The molecule has 0 radical (unpaired) electrons. The number of aromatic nitrogens is 2. The number of aromatic amines is 1. The Morgan fingerprint density at radius 1 is 1.14 bits per heavy atom. The molecule has 0 aliphatic heterocycles. The summed E-state index contributed by atoms with van der Waals surface area (Å²) in [7, 11) is 1.21. The highest BCUT2D eigenvalue weighted by molar-refractivity contribution is 7.13. The minimum atomic E-state index is -1.39. The molecule has 192 valence electrons. The fourth-order valence-corrected chi connectivity index (χ4v) is 4.55. The first kappa shape index (κ1) is 24.4. The monoisotopic (exact) mass is 534 g/mol. The summed E-state index contributed by atoms with van der Waals surface area (Å²) in [5.74, 6) is -5.03. The van der Waals surface area contributed by atoms with Gasteiger partial charge < -0.3 is 24.3 Å². The summed E-state index contributed by atoms with van der Waals surface area (Å²) in [6.07, 6.45) is 1.43. The average molecular weight is 534 g/mol. The van der Waals surface area contributed by atoms with E-state index in [1.807, 2.05) is 0 Å². The minimum Gasteiger partial charge on any atom is -0.493 e. The maximum absolute atomic E-state index is 15.1. The summed E-state index contributed by atoms with van der Waals surface area (Å²) >= 11 is 0.730. The molecule has 0 spiro atoms. The van der Waals surface area contributed by atoms with E-state index in [2.05, 4.69) is 4.98 Å². The van der Waals surface area contributed by atoms with E-state index in [0.717, 1.165) is 42.4 Å². The highest BCUT2D eigenvalue weighted by atomic mass is 32.1. The third-order valence-electron chi connectivity index (χ3n) is 5.66. The Hall–Kier alpha value is -4.26. The van der Waals surface area contributed by atoms with Crippen LogP contribution >= 0.6 is 11.3 Å². The number of carboxylic acids is 1. The molecule has 1 saturated carbocycles. The van der Waals surface area contributed by atoms with Crippen LogP contribution in [-0.4, -0.2) is 33.8 Å². The van der Waals surface area contributed by atoms with Gasteiger partial charge in [-0.1, -0.05) is 0 Å². The van der Waals surface area contributed by atoms with Crippen molar-refractivity contribution in [2.75, 3.05) is 7.11 Å². The largest absolute Gasteiger partial charge is 0.493 e. The van der Waals surface area contributed by atoms with Crippen molar-refractivity contribution in [3.8, 4) is 22.9 Å². The van der Waals surface area contributed by atoms with E-state index in [0.29, 0.717) is 4.57 Å². The number of halogens is 3. The number of aromatic carboxylic acids is 1. The van der Waals surface area contributed by atoms with Crippen molar-refractivity contribution >= 4 is 28.2 Å². The van der Waals surface area contributed by atoms with Crippen LogP contribution in [-0.2, 0) is 6.61 Å². The molecule has 2 aromatic heterocycles. The van der Waals surface area contributed by atoms with E-state index in [4.69, 9.17) is 14.2 Å². The lowest BCUT2D eigenvalue weighted by atomic mass is 10.2. The number of hydrogen-bond acceptors (Lipinski definition) is 7. The average Bonchev–Trinajstić information content (AvgIpc) is 3.57. The van der Waals surface area contributed by atoms with Gasteiger partial charge in [-0.05, 0) is 25.0 Å². The van der Waals surface area contributed by atoms with Crippen LogP contribution in [0.5, 0.6) is 17.2 Å². The van der Waals surface area contributed by atoms with Crippen molar-refractivity contribution in [2.24, 2.45) is 0 Å². The van der Waals surface area contributed by atoms with Crippen LogP contribution < -0.4 is 25.5 Å². The van der Waals surface area contributed by atoms with Gasteiger partial charge >= 0.3 is 11.7 Å². The number of nitrogens with zero attached hydrogens (tertiary/aromatic N) is 1. The molecular formula is C24H17F3N2O7S. The molecule has 5 rings (SSSR count). The Kier molecular flexibility index (Phi) is 6.15. The van der Waals surface area contributed by atoms with Gasteiger partial charge in [0.25, 0.3) is 5.56 Å². The van der Waals surface area contributed by atoms with Crippen molar-refractivity contribution in [3.05, 3.63) is 78.4 Å². The number of ether oxygens (including phenoxy) is 3. The number of rotatable bonds is 8. The van der Waals surface area contributed by atoms with E-state index in [9.17, 15) is 28.3 Å². The molecule has 2 aromatic carbocycles. The fourth-order valence-electron chi connectivity index (χ4n) is 3.72. The van der Waals surface area contributed by atoms with Gasteiger partial charge in [0.1, 0.15) is 17.2 Å². The van der Waals surface area contributed by atoms with Crippen molar-refractivity contribution in [1.29, 1.82) is 0 Å². The topological polar surface area (TPSA) is 120 Å². The van der Waals surface area contributed by atoms with Gasteiger partial charge in [0.2, 0.25) is 0 Å². The van der Waals surface area contributed by atoms with Crippen LogP contribution in [0.4, 0.5) is 13.2 Å². The van der Waals surface area contributed by atoms with Crippen molar-refractivity contribution in [2.45, 2.75) is 25.6 Å². The van der Waals surface area contributed by atoms with Crippen LogP contribution in [0, 0.1) is 17.5 Å². The van der Waals surface area contributed by atoms with Crippen LogP contribution in [0.1, 0.15) is 28.1 Å². The second kappa shape index (κ2) is 9.32. The van der Waals surface area contributed by atoms with E-state index < -0.39 is 47.0 Å². The molecule has 0 saturated heterocycles. The highest BCUT2D eigenvalue weighted by Crippen LogP contribution is 2.35. The van der Waals surface area contributed by atoms with E-state index in [1.54, 1.807) is 0 Å². The number of fused-ring (bicyclic) bond motifs is 1. The molecule has 0 atom stereocenters. The summed E-state index contributed by atoms with van der Waals surface area (Å²) in [4.78, 5) is 39.3. The smallest absolute Gasteiger partial charge is 0.346 e. The number of benzene rings is 2. The van der Waals surface area contributed by atoms with Crippen molar-refractivity contribution in [3.63, 3.8) is 0 Å². The molecule has 13 heteroatoms. The molecular weight excluding hydrogens is 517 g/mol. The summed E-state index contributed by atoms with van der Waals surface area (Å²) in [5.41, 5.74) is -2.90. The lowest BCUT2D eigenvalue weighted by Gasteiger charge is -2.16. The Morgan fingerprint density at radius 2 is 1.89 bits per heavy atom. The Balaban J connectivity index is 1.59. The second-order valence-corrected chi connectivity index (χ2v) is 9.01. The van der Waals surface area contributed by atoms with Crippen LogP contribution in [0.3, 0.4) is 0 Å². The van der Waals surface area contributed by atoms with Crippen molar-refractivity contribution in [1.82, 2.24) is 9.55 Å². The number of H-pyrrole nitrogens is 1. The Labute approximate surface area is 209 Å². The maximum atomic E-state index is 15.1. The molecule has 1 aliphatic rings. The quantitative estimate of drug-likeness (QED) is 0.351. The fraction of sp³-hybridized carbons (Fsp3) is 0.208. The lowest BCUT2D eigenvalue weighted by Crippen LogP contribution is -2.34. The molecule has 0 amide bonds. The number of carbonyl (C=O) groups is 1. The number of thiophene rings is 1. The Morgan fingerprint density at radius 3 is 2.57 bits per heavy atom. The first-order chi connectivity index (χ1) is 17.7. The first-order valence-electron chi connectivity index (χ1n) is 10.8. The summed E-state index contributed by atoms with van der Waals surface area (Å²) in [6, 6.07) is 4.02. The predicted octanol–water partition coefficient (Wildman–Crippen LogP) is 3.98. The molecule has 2 N–H and O–H groups in total. The molecule has 2 heterocycles. The van der Waals surface area contributed by atoms with Gasteiger partial charge in [0, 0.05) is 17.5 Å². The van der Waals surface area contributed by atoms with Crippen LogP contribution in [0.25, 0.3) is 16.6 Å². The zero-order valence-electron chi connectivity index (χ0n) is 19.0. The number of hydrogen-bond donors (Lipinski definition) is 2. The number of nitrogens with one attached hydrogen (secondary N) is 1. The van der Waals surface area contributed by atoms with Gasteiger partial charge in [-0.15, -0.1) is 11.3 Å². The number of methoxy groups -OCH3 is 1. The normalized spacial score (nSPS) is 13.1. The standard InChI is InChI=1S/C24H17F3N2O7S/c1-34-17-6-13(26)15(29-22(30)19-14(28-24(29)33)9-37-21(19)23(31)32)7-18(17)35-8-11-16(36-10-2-3-10)5-4-12(25)20(11)27/h4-7,9-10H,2-3,8H2,1H3,(H,28,33)(H,31,32). The maximum Gasteiger partial charge on any atom is 0.346 e. The van der Waals surface area contributed by atoms with Crippen LogP contribution in [0.15, 0.2) is 39.2 Å². The molecule has 9 nitrogen and oxygen atoms in total. The van der Waals surface area contributed by atoms with Gasteiger partial charge in [-0.2, -0.15) is 0 Å². The zero-order valence-corrected chi connectivity index (χ0v) is 19.8. The third-order valence-corrected chi connectivity index (χ3v) is 6.63. The molecule has 4 aromatic rings.